The standard InChI is InChI=1S/C13H19Cl/c1-4-7-13(14)11(3)10(2)12-8-5-6-9-12/h4,7,12H,2,5-6,8-9H2,1,3H3. The Morgan fingerprint density at radius 2 is 1.93 bits per heavy atom. The van der Waals surface area contributed by atoms with Crippen LogP contribution in [-0.2, 0) is 0 Å². The number of halogens is 1. The van der Waals surface area contributed by atoms with Gasteiger partial charge in [0.05, 0.1) is 0 Å². The van der Waals surface area contributed by atoms with Crippen LogP contribution in [0.25, 0.3) is 0 Å². The Kier molecular flexibility index (Phi) is 4.47. The van der Waals surface area contributed by atoms with Crippen LogP contribution in [0.5, 0.6) is 0 Å². The molecule has 0 aromatic heterocycles. The van der Waals surface area contributed by atoms with Crippen LogP contribution in [-0.4, -0.2) is 0 Å². The minimum atomic E-state index is 0.675. The highest BCUT2D eigenvalue weighted by Gasteiger charge is 2.19. The fourth-order valence-corrected chi connectivity index (χ4v) is 2.25. The molecule has 0 radical (unpaired) electrons. The minimum absolute atomic E-state index is 0.675. The Hall–Kier alpha value is -0.490. The molecule has 0 aliphatic heterocycles. The van der Waals surface area contributed by atoms with Crippen molar-refractivity contribution >= 4 is 11.6 Å². The molecule has 0 nitrogen and oxygen atoms in total. The van der Waals surface area contributed by atoms with Crippen molar-refractivity contribution in [1.82, 2.24) is 0 Å². The molecule has 0 amide bonds. The SMILES string of the molecule is C=C(C(C)=C(Cl)C=CC)C1CCCC1. The van der Waals surface area contributed by atoms with Crippen LogP contribution in [0, 0.1) is 5.92 Å². The summed E-state index contributed by atoms with van der Waals surface area (Å²) in [5.41, 5.74) is 2.40. The first-order valence-corrected chi connectivity index (χ1v) is 5.73. The van der Waals surface area contributed by atoms with Gasteiger partial charge in [0.1, 0.15) is 0 Å². The zero-order valence-electron chi connectivity index (χ0n) is 9.15. The zero-order chi connectivity index (χ0) is 10.6. The molecule has 0 unspecified atom stereocenters. The molecule has 0 saturated heterocycles. The van der Waals surface area contributed by atoms with E-state index in [9.17, 15) is 0 Å². The first kappa shape index (κ1) is 11.6. The van der Waals surface area contributed by atoms with Crippen molar-refractivity contribution in [3.63, 3.8) is 0 Å². The predicted molar refractivity (Wildman–Crippen MR) is 64.5 cm³/mol. The maximum atomic E-state index is 6.14. The first-order chi connectivity index (χ1) is 6.66. The quantitative estimate of drug-likeness (QED) is 0.586. The molecule has 1 saturated carbocycles. The van der Waals surface area contributed by atoms with Gasteiger partial charge in [-0.2, -0.15) is 0 Å². The molecule has 0 bridgehead atoms. The van der Waals surface area contributed by atoms with E-state index >= 15 is 0 Å². The predicted octanol–water partition coefficient (Wildman–Crippen LogP) is 4.82. The van der Waals surface area contributed by atoms with Gasteiger partial charge in [0.2, 0.25) is 0 Å². The maximum Gasteiger partial charge on any atom is 0.0434 e. The van der Waals surface area contributed by atoms with Crippen molar-refractivity contribution in [2.75, 3.05) is 0 Å². The van der Waals surface area contributed by atoms with Gasteiger partial charge in [-0.1, -0.05) is 37.1 Å². The highest BCUT2D eigenvalue weighted by Crippen LogP contribution is 2.35. The second-order valence-electron chi connectivity index (χ2n) is 3.98. The number of hydrogen-bond acceptors (Lipinski definition) is 0. The third kappa shape index (κ3) is 2.75. The van der Waals surface area contributed by atoms with E-state index in [0.717, 1.165) is 10.6 Å². The minimum Gasteiger partial charge on any atom is -0.0952 e. The highest BCUT2D eigenvalue weighted by atomic mass is 35.5. The van der Waals surface area contributed by atoms with Crippen LogP contribution >= 0.6 is 11.6 Å². The second kappa shape index (κ2) is 5.41. The van der Waals surface area contributed by atoms with E-state index in [2.05, 4.69) is 13.5 Å². The summed E-state index contributed by atoms with van der Waals surface area (Å²) in [5, 5.41) is 0.837. The molecule has 0 aromatic carbocycles. The zero-order valence-corrected chi connectivity index (χ0v) is 9.90. The smallest absolute Gasteiger partial charge is 0.0434 e. The Balaban J connectivity index is 2.72. The van der Waals surface area contributed by atoms with Gasteiger partial charge >= 0.3 is 0 Å². The maximum absolute atomic E-state index is 6.14. The van der Waals surface area contributed by atoms with E-state index in [1.807, 2.05) is 19.1 Å². The van der Waals surface area contributed by atoms with Crippen LogP contribution in [0.1, 0.15) is 39.5 Å². The van der Waals surface area contributed by atoms with Gasteiger partial charge in [-0.15, -0.1) is 0 Å². The molecule has 0 heterocycles. The summed E-state index contributed by atoms with van der Waals surface area (Å²) >= 11 is 6.14. The Morgan fingerprint density at radius 1 is 1.36 bits per heavy atom. The van der Waals surface area contributed by atoms with Gasteiger partial charge in [-0.25, -0.2) is 0 Å². The van der Waals surface area contributed by atoms with E-state index in [1.165, 1.54) is 31.3 Å². The fourth-order valence-electron chi connectivity index (χ4n) is 2.01. The lowest BCUT2D eigenvalue weighted by Gasteiger charge is -2.14. The molecule has 14 heavy (non-hydrogen) atoms. The van der Waals surface area contributed by atoms with Gasteiger partial charge in [-0.3, -0.25) is 0 Å². The van der Waals surface area contributed by atoms with E-state index in [1.54, 1.807) is 0 Å². The van der Waals surface area contributed by atoms with Crippen LogP contribution in [0.4, 0.5) is 0 Å². The topological polar surface area (TPSA) is 0 Å². The molecule has 1 heteroatoms. The van der Waals surface area contributed by atoms with Crippen LogP contribution in [0.15, 0.2) is 34.9 Å². The molecule has 1 rings (SSSR count). The van der Waals surface area contributed by atoms with Gasteiger partial charge in [0, 0.05) is 5.03 Å². The molecule has 0 atom stereocenters. The highest BCUT2D eigenvalue weighted by molar-refractivity contribution is 6.31. The molecule has 0 N–H and O–H groups in total. The average molecular weight is 211 g/mol. The Labute approximate surface area is 92.3 Å². The van der Waals surface area contributed by atoms with Gasteiger partial charge in [0.15, 0.2) is 0 Å². The molecule has 1 fully saturated rings. The van der Waals surface area contributed by atoms with Crippen LogP contribution < -0.4 is 0 Å². The average Bonchev–Trinajstić information content (AvgIpc) is 2.68. The summed E-state index contributed by atoms with van der Waals surface area (Å²) < 4.78 is 0. The summed E-state index contributed by atoms with van der Waals surface area (Å²) in [6, 6.07) is 0. The lowest BCUT2D eigenvalue weighted by molar-refractivity contribution is 0.651. The number of allylic oxidation sites excluding steroid dienone is 5. The lowest BCUT2D eigenvalue weighted by atomic mass is 9.93. The summed E-state index contributed by atoms with van der Waals surface area (Å²) in [5.74, 6) is 0.675. The van der Waals surface area contributed by atoms with Crippen molar-refractivity contribution in [1.29, 1.82) is 0 Å². The Bertz CT molecular complexity index is 265. The van der Waals surface area contributed by atoms with E-state index in [-0.39, 0.29) is 0 Å². The fraction of sp³-hybridized carbons (Fsp3) is 0.538. The van der Waals surface area contributed by atoms with Gasteiger partial charge < -0.3 is 0 Å². The first-order valence-electron chi connectivity index (χ1n) is 5.35. The third-order valence-electron chi connectivity index (χ3n) is 3.00. The van der Waals surface area contributed by atoms with Gasteiger partial charge in [-0.05, 0) is 49.8 Å². The van der Waals surface area contributed by atoms with E-state index in [4.69, 9.17) is 11.6 Å². The molecule has 0 aromatic rings. The normalized spacial score (nSPS) is 20.2. The summed E-state index contributed by atoms with van der Waals surface area (Å²) in [7, 11) is 0. The summed E-state index contributed by atoms with van der Waals surface area (Å²) in [6.45, 7) is 8.22. The Morgan fingerprint density at radius 3 is 2.43 bits per heavy atom. The molecule has 1 aliphatic carbocycles. The van der Waals surface area contributed by atoms with Crippen molar-refractivity contribution < 1.29 is 0 Å². The number of rotatable bonds is 3. The van der Waals surface area contributed by atoms with Crippen LogP contribution in [0.3, 0.4) is 0 Å². The molecular formula is C13H19Cl. The largest absolute Gasteiger partial charge is 0.0952 e. The molecule has 1 aliphatic rings. The van der Waals surface area contributed by atoms with Crippen molar-refractivity contribution in [2.45, 2.75) is 39.5 Å². The van der Waals surface area contributed by atoms with E-state index < -0.39 is 0 Å². The van der Waals surface area contributed by atoms with Crippen LogP contribution in [0.2, 0.25) is 0 Å². The summed E-state index contributed by atoms with van der Waals surface area (Å²) in [6.07, 6.45) is 9.17. The molecule has 78 valence electrons. The van der Waals surface area contributed by atoms with Crippen molar-refractivity contribution in [3.05, 3.63) is 34.9 Å². The van der Waals surface area contributed by atoms with E-state index in [0.29, 0.717) is 5.92 Å². The van der Waals surface area contributed by atoms with Crippen molar-refractivity contribution in [3.8, 4) is 0 Å². The molecule has 0 spiro atoms. The second-order valence-corrected chi connectivity index (χ2v) is 4.39. The monoisotopic (exact) mass is 210 g/mol. The van der Waals surface area contributed by atoms with Crippen molar-refractivity contribution in [2.24, 2.45) is 5.92 Å². The molecular weight excluding hydrogens is 192 g/mol. The van der Waals surface area contributed by atoms with Gasteiger partial charge in [0.25, 0.3) is 0 Å². The third-order valence-corrected chi connectivity index (χ3v) is 3.41. The lowest BCUT2D eigenvalue weighted by Crippen LogP contribution is -1.99. The summed E-state index contributed by atoms with van der Waals surface area (Å²) in [4.78, 5) is 0. The number of hydrogen-bond donors (Lipinski definition) is 0.